The van der Waals surface area contributed by atoms with Gasteiger partial charge in [0.15, 0.2) is 6.61 Å². The standard InChI is InChI=1S/C20H27N3O3/c24-19(22-8-2-1-3-9-22)14-26-17-6-4-5-15(11-17)20(25)23-10-7-16-12-21-13-18(16)23/h4-6,11,16,18,21H,1-3,7-10,12-14H2/t16-,18+/m1/s1. The van der Waals surface area contributed by atoms with Gasteiger partial charge in [-0.15, -0.1) is 0 Å². The van der Waals surface area contributed by atoms with Crippen LogP contribution in [-0.2, 0) is 4.79 Å². The number of fused-ring (bicyclic) bond motifs is 1. The number of hydrogen-bond acceptors (Lipinski definition) is 4. The zero-order valence-electron chi connectivity index (χ0n) is 15.2. The van der Waals surface area contributed by atoms with Crippen LogP contribution in [-0.4, -0.2) is 67.0 Å². The van der Waals surface area contributed by atoms with E-state index in [1.807, 2.05) is 28.0 Å². The second-order valence-electron chi connectivity index (χ2n) is 7.53. The van der Waals surface area contributed by atoms with E-state index in [0.717, 1.165) is 52.0 Å². The summed E-state index contributed by atoms with van der Waals surface area (Å²) in [7, 11) is 0. The van der Waals surface area contributed by atoms with Gasteiger partial charge in [0.05, 0.1) is 0 Å². The van der Waals surface area contributed by atoms with Gasteiger partial charge < -0.3 is 19.9 Å². The first-order valence-corrected chi connectivity index (χ1v) is 9.75. The summed E-state index contributed by atoms with van der Waals surface area (Å²) in [6.45, 7) is 4.41. The Morgan fingerprint density at radius 2 is 1.96 bits per heavy atom. The maximum Gasteiger partial charge on any atom is 0.260 e. The lowest BCUT2D eigenvalue weighted by molar-refractivity contribution is -0.134. The molecule has 3 fully saturated rings. The van der Waals surface area contributed by atoms with Crippen molar-refractivity contribution in [2.75, 3.05) is 39.3 Å². The second kappa shape index (κ2) is 7.66. The molecule has 26 heavy (non-hydrogen) atoms. The molecular weight excluding hydrogens is 330 g/mol. The van der Waals surface area contributed by atoms with Crippen LogP contribution < -0.4 is 10.1 Å². The number of rotatable bonds is 4. The van der Waals surface area contributed by atoms with Gasteiger partial charge in [-0.1, -0.05) is 6.07 Å². The van der Waals surface area contributed by atoms with Crippen molar-refractivity contribution in [1.29, 1.82) is 0 Å². The molecule has 0 spiro atoms. The van der Waals surface area contributed by atoms with Crippen LogP contribution >= 0.6 is 0 Å². The lowest BCUT2D eigenvalue weighted by atomic mass is 10.0. The number of carbonyl (C=O) groups excluding carboxylic acids is 2. The maximum atomic E-state index is 12.9. The third-order valence-electron chi connectivity index (χ3n) is 5.86. The highest BCUT2D eigenvalue weighted by Gasteiger charge is 2.40. The molecule has 0 aliphatic carbocycles. The van der Waals surface area contributed by atoms with E-state index in [4.69, 9.17) is 4.74 Å². The Kier molecular flexibility index (Phi) is 5.11. The highest BCUT2D eigenvalue weighted by Crippen LogP contribution is 2.29. The van der Waals surface area contributed by atoms with Crippen molar-refractivity contribution < 1.29 is 14.3 Å². The van der Waals surface area contributed by atoms with E-state index in [1.165, 1.54) is 6.42 Å². The van der Waals surface area contributed by atoms with Crippen LogP contribution in [0, 0.1) is 5.92 Å². The topological polar surface area (TPSA) is 61.9 Å². The number of carbonyl (C=O) groups is 2. The maximum absolute atomic E-state index is 12.9. The number of hydrogen-bond donors (Lipinski definition) is 1. The Hall–Kier alpha value is -2.08. The number of nitrogens with one attached hydrogen (secondary N) is 1. The molecule has 1 aromatic rings. The molecule has 2 atom stereocenters. The van der Waals surface area contributed by atoms with Crippen LogP contribution in [0.25, 0.3) is 0 Å². The Morgan fingerprint density at radius 3 is 2.81 bits per heavy atom. The molecule has 0 radical (unpaired) electrons. The van der Waals surface area contributed by atoms with Gasteiger partial charge in [-0.25, -0.2) is 0 Å². The molecule has 3 saturated heterocycles. The molecule has 3 heterocycles. The van der Waals surface area contributed by atoms with E-state index in [0.29, 0.717) is 23.3 Å². The minimum atomic E-state index is 0.0286. The van der Waals surface area contributed by atoms with Crippen LogP contribution in [0.15, 0.2) is 24.3 Å². The zero-order chi connectivity index (χ0) is 17.9. The van der Waals surface area contributed by atoms with E-state index in [9.17, 15) is 9.59 Å². The Balaban J connectivity index is 1.37. The van der Waals surface area contributed by atoms with Crippen LogP contribution in [0.3, 0.4) is 0 Å². The summed E-state index contributed by atoms with van der Waals surface area (Å²) in [6, 6.07) is 7.55. The van der Waals surface area contributed by atoms with Crippen molar-refractivity contribution in [1.82, 2.24) is 15.1 Å². The smallest absolute Gasteiger partial charge is 0.260 e. The van der Waals surface area contributed by atoms with E-state index in [1.54, 1.807) is 6.07 Å². The third kappa shape index (κ3) is 3.56. The predicted molar refractivity (Wildman–Crippen MR) is 98.2 cm³/mol. The number of amides is 2. The Bertz CT molecular complexity index is 672. The third-order valence-corrected chi connectivity index (χ3v) is 5.86. The molecular formula is C20H27N3O3. The number of ether oxygens (including phenoxy) is 1. The first-order valence-electron chi connectivity index (χ1n) is 9.75. The molecule has 3 aliphatic heterocycles. The Morgan fingerprint density at radius 1 is 1.12 bits per heavy atom. The van der Waals surface area contributed by atoms with Gasteiger partial charge in [-0.3, -0.25) is 9.59 Å². The van der Waals surface area contributed by atoms with Gasteiger partial charge >= 0.3 is 0 Å². The largest absolute Gasteiger partial charge is 0.484 e. The highest BCUT2D eigenvalue weighted by atomic mass is 16.5. The fraction of sp³-hybridized carbons (Fsp3) is 0.600. The molecule has 1 aromatic carbocycles. The summed E-state index contributed by atoms with van der Waals surface area (Å²) in [6.07, 6.45) is 4.41. The first-order chi connectivity index (χ1) is 12.7. The molecule has 1 N–H and O–H groups in total. The molecule has 0 aromatic heterocycles. The molecule has 0 unspecified atom stereocenters. The quantitative estimate of drug-likeness (QED) is 0.887. The summed E-state index contributed by atoms with van der Waals surface area (Å²) in [5, 5.41) is 3.38. The highest BCUT2D eigenvalue weighted by molar-refractivity contribution is 5.95. The predicted octanol–water partition coefficient (Wildman–Crippen LogP) is 1.51. The first kappa shape index (κ1) is 17.3. The fourth-order valence-corrected chi connectivity index (χ4v) is 4.37. The van der Waals surface area contributed by atoms with Crippen LogP contribution in [0.4, 0.5) is 0 Å². The minimum Gasteiger partial charge on any atom is -0.484 e. The molecule has 0 saturated carbocycles. The molecule has 2 amide bonds. The van der Waals surface area contributed by atoms with Crippen molar-refractivity contribution in [3.8, 4) is 5.75 Å². The molecule has 140 valence electrons. The SMILES string of the molecule is O=C(COc1cccc(C(=O)N2CC[C@@H]3CNC[C@@H]32)c1)N1CCCCC1. The zero-order valence-corrected chi connectivity index (χ0v) is 15.2. The van der Waals surface area contributed by atoms with Crippen LogP contribution in [0.5, 0.6) is 5.75 Å². The summed E-state index contributed by atoms with van der Waals surface area (Å²) in [5.41, 5.74) is 0.639. The monoisotopic (exact) mass is 357 g/mol. The van der Waals surface area contributed by atoms with Crippen LogP contribution in [0.2, 0.25) is 0 Å². The number of benzene rings is 1. The molecule has 3 aliphatic rings. The van der Waals surface area contributed by atoms with E-state index < -0.39 is 0 Å². The summed E-state index contributed by atoms with van der Waals surface area (Å²) < 4.78 is 5.69. The molecule has 6 nitrogen and oxygen atoms in total. The van der Waals surface area contributed by atoms with E-state index in [2.05, 4.69) is 5.32 Å². The van der Waals surface area contributed by atoms with Crippen molar-refractivity contribution in [2.45, 2.75) is 31.7 Å². The van der Waals surface area contributed by atoms with Crippen molar-refractivity contribution in [3.05, 3.63) is 29.8 Å². The summed E-state index contributed by atoms with van der Waals surface area (Å²) in [4.78, 5) is 29.0. The lowest BCUT2D eigenvalue weighted by Crippen LogP contribution is -2.39. The second-order valence-corrected chi connectivity index (χ2v) is 7.53. The van der Waals surface area contributed by atoms with Crippen molar-refractivity contribution in [2.24, 2.45) is 5.92 Å². The number of piperidine rings is 1. The fourth-order valence-electron chi connectivity index (χ4n) is 4.37. The molecule has 0 bridgehead atoms. The average Bonchev–Trinajstić information content (AvgIpc) is 3.30. The normalized spacial score (nSPS) is 25.2. The van der Waals surface area contributed by atoms with E-state index in [-0.39, 0.29) is 18.4 Å². The summed E-state index contributed by atoms with van der Waals surface area (Å²) in [5.74, 6) is 1.26. The van der Waals surface area contributed by atoms with Crippen molar-refractivity contribution in [3.63, 3.8) is 0 Å². The van der Waals surface area contributed by atoms with Gasteiger partial charge in [-0.2, -0.15) is 0 Å². The van der Waals surface area contributed by atoms with Gasteiger partial charge in [0.1, 0.15) is 5.75 Å². The van der Waals surface area contributed by atoms with Gasteiger partial charge in [0.2, 0.25) is 0 Å². The van der Waals surface area contributed by atoms with Gasteiger partial charge in [0, 0.05) is 44.3 Å². The van der Waals surface area contributed by atoms with E-state index >= 15 is 0 Å². The number of likely N-dealkylation sites (tertiary alicyclic amines) is 2. The Labute approximate surface area is 154 Å². The van der Waals surface area contributed by atoms with Crippen LogP contribution in [0.1, 0.15) is 36.0 Å². The van der Waals surface area contributed by atoms with Gasteiger partial charge in [0.25, 0.3) is 11.8 Å². The molecule has 6 heteroatoms. The average molecular weight is 357 g/mol. The number of nitrogens with zero attached hydrogens (tertiary/aromatic N) is 2. The summed E-state index contributed by atoms with van der Waals surface area (Å²) >= 11 is 0. The van der Waals surface area contributed by atoms with Gasteiger partial charge in [-0.05, 0) is 49.8 Å². The van der Waals surface area contributed by atoms with Crippen molar-refractivity contribution >= 4 is 11.8 Å². The lowest BCUT2D eigenvalue weighted by Gasteiger charge is -2.26. The molecule has 4 rings (SSSR count). The minimum absolute atomic E-state index is 0.0286.